The standard InChI is InChI=1S/C20H34O6S.Na.H/c1-8-24-17(25-9-2)20(27(21,22)23,19(6,7)15-18(3,4)5)26-16-13-11-10-12-14-16;;/h10-14,17H,8-9,15H2,1-7H3,(H,21,22,23);;. The Balaban J connectivity index is 0.00000729. The average Bonchev–Trinajstić information content (AvgIpc) is 2.49. The summed E-state index contributed by atoms with van der Waals surface area (Å²) in [5, 5.41) is 0. The molecule has 0 saturated heterocycles. The molecular formula is C20H35NaO6S. The number of benzene rings is 1. The first kappa shape index (κ1) is 27.8. The van der Waals surface area contributed by atoms with Crippen LogP contribution in [0.25, 0.3) is 0 Å². The molecule has 1 aromatic rings. The molecule has 0 bridgehead atoms. The number of para-hydroxylation sites is 1. The topological polar surface area (TPSA) is 82.1 Å². The van der Waals surface area contributed by atoms with Crippen LogP contribution >= 0.6 is 0 Å². The molecule has 6 nitrogen and oxygen atoms in total. The Bertz CT molecular complexity index is 678. The average molecular weight is 427 g/mol. The minimum absolute atomic E-state index is 0. The zero-order valence-corrected chi connectivity index (χ0v) is 18.3. The van der Waals surface area contributed by atoms with Crippen LogP contribution in [0.3, 0.4) is 0 Å². The molecule has 0 aliphatic carbocycles. The first-order valence-corrected chi connectivity index (χ1v) is 10.7. The van der Waals surface area contributed by atoms with Crippen LogP contribution in [0.5, 0.6) is 5.75 Å². The van der Waals surface area contributed by atoms with Crippen molar-refractivity contribution in [3.05, 3.63) is 30.3 Å². The Labute approximate surface area is 192 Å². The van der Waals surface area contributed by atoms with Gasteiger partial charge in [0, 0.05) is 18.6 Å². The number of hydrogen-bond donors (Lipinski definition) is 1. The molecule has 0 spiro atoms. The zero-order chi connectivity index (χ0) is 20.9. The summed E-state index contributed by atoms with van der Waals surface area (Å²) in [4.78, 5) is -2.15. The molecule has 1 atom stereocenters. The Kier molecular flexibility index (Phi) is 10.7. The summed E-state index contributed by atoms with van der Waals surface area (Å²) in [6, 6.07) is 8.55. The van der Waals surface area contributed by atoms with Crippen molar-refractivity contribution in [3.63, 3.8) is 0 Å². The predicted octanol–water partition coefficient (Wildman–Crippen LogP) is 3.86. The molecule has 0 saturated carbocycles. The van der Waals surface area contributed by atoms with E-state index < -0.39 is 26.8 Å². The Morgan fingerprint density at radius 1 is 0.964 bits per heavy atom. The van der Waals surface area contributed by atoms with Gasteiger partial charge in [0.15, 0.2) is 0 Å². The summed E-state index contributed by atoms with van der Waals surface area (Å²) in [7, 11) is -4.77. The summed E-state index contributed by atoms with van der Waals surface area (Å²) >= 11 is 0. The fraction of sp³-hybridized carbons (Fsp3) is 0.700. The molecule has 1 N–H and O–H groups in total. The molecule has 158 valence electrons. The molecule has 0 aliphatic rings. The van der Waals surface area contributed by atoms with Gasteiger partial charge in [0.05, 0.1) is 0 Å². The zero-order valence-electron chi connectivity index (χ0n) is 17.5. The third-order valence-corrected chi connectivity index (χ3v) is 5.85. The van der Waals surface area contributed by atoms with Crippen LogP contribution in [0, 0.1) is 10.8 Å². The van der Waals surface area contributed by atoms with Gasteiger partial charge in [-0.05, 0) is 37.8 Å². The molecule has 0 fully saturated rings. The van der Waals surface area contributed by atoms with Gasteiger partial charge in [0.2, 0.25) is 6.29 Å². The summed E-state index contributed by atoms with van der Waals surface area (Å²) in [6.45, 7) is 13.4. The molecule has 1 aromatic carbocycles. The van der Waals surface area contributed by atoms with Gasteiger partial charge in [-0.25, -0.2) is 0 Å². The molecule has 1 unspecified atom stereocenters. The van der Waals surface area contributed by atoms with Crippen LogP contribution in [0.1, 0.15) is 54.9 Å². The molecule has 0 amide bonds. The second kappa shape index (κ2) is 10.8. The van der Waals surface area contributed by atoms with Gasteiger partial charge in [-0.15, -0.1) is 0 Å². The van der Waals surface area contributed by atoms with E-state index >= 15 is 0 Å². The van der Waals surface area contributed by atoms with Gasteiger partial charge in [-0.1, -0.05) is 52.8 Å². The van der Waals surface area contributed by atoms with Crippen LogP contribution in [0.2, 0.25) is 0 Å². The fourth-order valence-corrected chi connectivity index (χ4v) is 5.06. The molecule has 8 heteroatoms. The first-order valence-electron chi connectivity index (χ1n) is 9.25. The SMILES string of the molecule is CCOC(OCC)C(Oc1ccccc1)(C(C)(C)CC(C)(C)C)S(=O)(=O)O.[NaH]. The van der Waals surface area contributed by atoms with Crippen LogP contribution < -0.4 is 4.74 Å². The number of rotatable bonds is 10. The molecule has 0 aromatic heterocycles. The van der Waals surface area contributed by atoms with Crippen LogP contribution in [0.4, 0.5) is 0 Å². The Hall–Kier alpha value is -0.150. The van der Waals surface area contributed by atoms with Gasteiger partial charge in [0.25, 0.3) is 4.93 Å². The molecule has 28 heavy (non-hydrogen) atoms. The summed E-state index contributed by atoms with van der Waals surface area (Å²) < 4.78 is 53.5. The maximum absolute atomic E-state index is 12.9. The van der Waals surface area contributed by atoms with Crippen molar-refractivity contribution in [2.24, 2.45) is 10.8 Å². The molecule has 1 rings (SSSR count). The van der Waals surface area contributed by atoms with Gasteiger partial charge in [-0.2, -0.15) is 8.42 Å². The molecule has 0 heterocycles. The van der Waals surface area contributed by atoms with Crippen LogP contribution in [-0.2, 0) is 19.6 Å². The van der Waals surface area contributed by atoms with Crippen molar-refractivity contribution in [3.8, 4) is 5.75 Å². The number of hydrogen-bond acceptors (Lipinski definition) is 5. The van der Waals surface area contributed by atoms with E-state index in [4.69, 9.17) is 14.2 Å². The maximum atomic E-state index is 12.9. The van der Waals surface area contributed by atoms with E-state index in [1.165, 1.54) is 0 Å². The van der Waals surface area contributed by atoms with Crippen molar-refractivity contribution >= 4 is 39.7 Å². The predicted molar refractivity (Wildman–Crippen MR) is 113 cm³/mol. The summed E-state index contributed by atoms with van der Waals surface area (Å²) in [5.74, 6) is 0.307. The second-order valence-electron chi connectivity index (χ2n) is 8.42. The van der Waals surface area contributed by atoms with Crippen LogP contribution in [0.15, 0.2) is 30.3 Å². The van der Waals surface area contributed by atoms with E-state index in [0.717, 1.165) is 0 Å². The van der Waals surface area contributed by atoms with E-state index in [1.807, 2.05) is 20.8 Å². The van der Waals surface area contributed by atoms with Gasteiger partial charge < -0.3 is 14.2 Å². The van der Waals surface area contributed by atoms with Crippen LogP contribution in [-0.4, -0.2) is 67.0 Å². The van der Waals surface area contributed by atoms with Gasteiger partial charge >= 0.3 is 39.7 Å². The van der Waals surface area contributed by atoms with E-state index in [2.05, 4.69) is 0 Å². The minimum atomic E-state index is -4.77. The van der Waals surface area contributed by atoms with E-state index in [-0.39, 0.29) is 48.2 Å². The fourth-order valence-electron chi connectivity index (χ4n) is 3.71. The Morgan fingerprint density at radius 3 is 1.79 bits per heavy atom. The second-order valence-corrected chi connectivity index (χ2v) is 9.98. The van der Waals surface area contributed by atoms with Crippen molar-refractivity contribution in [1.82, 2.24) is 0 Å². The number of ether oxygens (including phenoxy) is 3. The third-order valence-electron chi connectivity index (χ3n) is 4.26. The molecular weight excluding hydrogens is 391 g/mol. The van der Waals surface area contributed by atoms with E-state index in [1.54, 1.807) is 58.0 Å². The van der Waals surface area contributed by atoms with Crippen molar-refractivity contribution in [1.29, 1.82) is 0 Å². The third kappa shape index (κ3) is 6.69. The van der Waals surface area contributed by atoms with Crippen molar-refractivity contribution < 1.29 is 27.2 Å². The van der Waals surface area contributed by atoms with Crippen molar-refractivity contribution in [2.45, 2.75) is 66.1 Å². The summed E-state index contributed by atoms with van der Waals surface area (Å²) in [5.41, 5.74) is -1.29. The van der Waals surface area contributed by atoms with E-state index in [0.29, 0.717) is 12.2 Å². The monoisotopic (exact) mass is 426 g/mol. The van der Waals surface area contributed by atoms with Gasteiger partial charge in [-0.3, -0.25) is 4.55 Å². The molecule has 0 radical (unpaired) electrons. The molecule has 0 aliphatic heterocycles. The van der Waals surface area contributed by atoms with Crippen molar-refractivity contribution in [2.75, 3.05) is 13.2 Å². The Morgan fingerprint density at radius 2 is 1.43 bits per heavy atom. The normalized spacial score (nSPS) is 15.0. The quantitative estimate of drug-likeness (QED) is 0.348. The van der Waals surface area contributed by atoms with E-state index in [9.17, 15) is 13.0 Å². The van der Waals surface area contributed by atoms with Gasteiger partial charge in [0.1, 0.15) is 5.75 Å². The first-order chi connectivity index (χ1) is 12.3. The summed E-state index contributed by atoms with van der Waals surface area (Å²) in [6.07, 6.45) is -0.872.